The Kier molecular flexibility index (Phi) is 5.35. The summed E-state index contributed by atoms with van der Waals surface area (Å²) in [7, 11) is 0. The maximum atomic E-state index is 12.8. The number of benzene rings is 1. The van der Waals surface area contributed by atoms with Crippen molar-refractivity contribution in [2.75, 3.05) is 37.6 Å². The highest BCUT2D eigenvalue weighted by Crippen LogP contribution is 2.54. The zero-order valence-electron chi connectivity index (χ0n) is 18.1. The molecule has 3 fully saturated rings. The molecule has 30 heavy (non-hydrogen) atoms. The van der Waals surface area contributed by atoms with E-state index in [2.05, 4.69) is 41.9 Å². The summed E-state index contributed by atoms with van der Waals surface area (Å²) in [6, 6.07) is 8.09. The first-order chi connectivity index (χ1) is 14.4. The van der Waals surface area contributed by atoms with Gasteiger partial charge in [0.15, 0.2) is 0 Å². The number of nitrogens with zero attached hydrogens (tertiary/aromatic N) is 2. The molecule has 0 aromatic heterocycles. The number of piperazine rings is 1. The van der Waals surface area contributed by atoms with Crippen LogP contribution in [-0.4, -0.2) is 49.7 Å². The van der Waals surface area contributed by atoms with Crippen LogP contribution >= 0.6 is 11.6 Å². The Labute approximate surface area is 185 Å². The molecule has 2 aliphatic carbocycles. The van der Waals surface area contributed by atoms with E-state index in [1.54, 1.807) is 5.57 Å². The number of hydrogen-bond donors (Lipinski definition) is 0. The first-order valence-electron chi connectivity index (χ1n) is 11.6. The summed E-state index contributed by atoms with van der Waals surface area (Å²) in [5.41, 5.74) is 3.06. The van der Waals surface area contributed by atoms with Crippen LogP contribution in [0.3, 0.4) is 0 Å². The molecular weight excluding hydrogens is 396 g/mol. The molecule has 0 amide bonds. The van der Waals surface area contributed by atoms with Gasteiger partial charge in [0.2, 0.25) is 0 Å². The van der Waals surface area contributed by atoms with Crippen LogP contribution < -0.4 is 4.90 Å². The lowest BCUT2D eigenvalue weighted by Crippen LogP contribution is -2.49. The Morgan fingerprint density at radius 1 is 1.17 bits per heavy atom. The minimum Gasteiger partial charge on any atom is -0.461 e. The number of esters is 1. The van der Waals surface area contributed by atoms with Gasteiger partial charge in [0.1, 0.15) is 6.10 Å². The second-order valence-electron chi connectivity index (χ2n) is 10.1. The van der Waals surface area contributed by atoms with E-state index in [9.17, 15) is 4.79 Å². The van der Waals surface area contributed by atoms with Gasteiger partial charge >= 0.3 is 5.97 Å². The molecule has 1 aromatic rings. The normalized spacial score (nSPS) is 36.7. The third-order valence-electron chi connectivity index (χ3n) is 8.10. The molecular formula is C25H33ClN2O2. The predicted octanol–water partition coefficient (Wildman–Crippen LogP) is 4.78. The second kappa shape index (κ2) is 7.87. The third kappa shape index (κ3) is 3.67. The summed E-state index contributed by atoms with van der Waals surface area (Å²) in [6.45, 7) is 9.50. The summed E-state index contributed by atoms with van der Waals surface area (Å²) in [5, 5.41) is 0.775. The van der Waals surface area contributed by atoms with Gasteiger partial charge in [0.05, 0.1) is 5.92 Å². The van der Waals surface area contributed by atoms with Crippen molar-refractivity contribution in [2.45, 2.75) is 45.6 Å². The van der Waals surface area contributed by atoms with Crippen LogP contribution in [-0.2, 0) is 9.53 Å². The number of anilines is 1. The highest BCUT2D eigenvalue weighted by atomic mass is 35.5. The van der Waals surface area contributed by atoms with Crippen molar-refractivity contribution >= 4 is 23.3 Å². The van der Waals surface area contributed by atoms with Crippen molar-refractivity contribution in [3.63, 3.8) is 0 Å². The van der Waals surface area contributed by atoms with Gasteiger partial charge in [0.25, 0.3) is 0 Å². The number of rotatable bonds is 3. The summed E-state index contributed by atoms with van der Waals surface area (Å²) >= 11 is 6.02. The van der Waals surface area contributed by atoms with E-state index in [1.165, 1.54) is 24.9 Å². The topological polar surface area (TPSA) is 32.8 Å². The van der Waals surface area contributed by atoms with E-state index in [0.29, 0.717) is 5.92 Å². The Morgan fingerprint density at radius 2 is 1.90 bits per heavy atom. The van der Waals surface area contributed by atoms with Crippen LogP contribution in [0.2, 0.25) is 5.02 Å². The Bertz CT molecular complexity index is 830. The maximum absolute atomic E-state index is 12.8. The average Bonchev–Trinajstić information content (AvgIpc) is 3.01. The number of hydrogen-bond acceptors (Lipinski definition) is 4. The SMILES string of the molecule is C[C@H]1CCC[C@]2(C)C[C@H]3OC(=O)[C@@H](CN4CCN(c5ccc(Cl)cc5)CC4)[C@H]3C=C12. The molecule has 0 bridgehead atoms. The number of carbonyl (C=O) groups is 1. The van der Waals surface area contributed by atoms with Gasteiger partial charge in [-0.15, -0.1) is 0 Å². The van der Waals surface area contributed by atoms with Gasteiger partial charge in [-0.3, -0.25) is 9.69 Å². The molecule has 0 N–H and O–H groups in total. The van der Waals surface area contributed by atoms with Crippen molar-refractivity contribution in [1.29, 1.82) is 0 Å². The zero-order valence-corrected chi connectivity index (χ0v) is 18.9. The summed E-state index contributed by atoms with van der Waals surface area (Å²) in [6.07, 6.45) is 7.38. The molecule has 0 unspecified atom stereocenters. The lowest BCUT2D eigenvalue weighted by Gasteiger charge is -2.46. The molecule has 5 heteroatoms. The van der Waals surface area contributed by atoms with Crippen molar-refractivity contribution in [1.82, 2.24) is 4.90 Å². The van der Waals surface area contributed by atoms with Crippen LogP contribution in [0.25, 0.3) is 0 Å². The van der Waals surface area contributed by atoms with Crippen LogP contribution in [0.1, 0.15) is 39.5 Å². The van der Waals surface area contributed by atoms with Crippen LogP contribution in [0, 0.1) is 23.2 Å². The van der Waals surface area contributed by atoms with Gasteiger partial charge in [0, 0.05) is 49.4 Å². The van der Waals surface area contributed by atoms with Crippen LogP contribution in [0.4, 0.5) is 5.69 Å². The quantitative estimate of drug-likeness (QED) is 0.512. The molecule has 0 spiro atoms. The summed E-state index contributed by atoms with van der Waals surface area (Å²) in [4.78, 5) is 17.7. The Morgan fingerprint density at radius 3 is 2.63 bits per heavy atom. The highest BCUT2D eigenvalue weighted by molar-refractivity contribution is 6.30. The molecule has 1 aromatic carbocycles. The fraction of sp³-hybridized carbons (Fsp3) is 0.640. The number of halogens is 1. The van der Waals surface area contributed by atoms with Gasteiger partial charge in [-0.25, -0.2) is 0 Å². The Balaban J connectivity index is 1.25. The molecule has 2 heterocycles. The monoisotopic (exact) mass is 428 g/mol. The van der Waals surface area contributed by atoms with E-state index in [1.807, 2.05) is 12.1 Å². The largest absolute Gasteiger partial charge is 0.461 e. The molecule has 0 radical (unpaired) electrons. The van der Waals surface area contributed by atoms with Crippen molar-refractivity contribution in [3.05, 3.63) is 40.9 Å². The molecule has 2 aliphatic heterocycles. The van der Waals surface area contributed by atoms with E-state index in [-0.39, 0.29) is 29.3 Å². The van der Waals surface area contributed by atoms with Gasteiger partial charge in [-0.2, -0.15) is 0 Å². The lowest BCUT2D eigenvalue weighted by molar-refractivity contribution is -0.145. The number of fused-ring (bicyclic) bond motifs is 2. The molecule has 4 aliphatic rings. The Hall–Kier alpha value is -1.52. The van der Waals surface area contributed by atoms with Gasteiger partial charge in [-0.1, -0.05) is 43.5 Å². The fourth-order valence-corrected chi connectivity index (χ4v) is 6.50. The molecule has 5 atom stereocenters. The van der Waals surface area contributed by atoms with E-state index in [4.69, 9.17) is 16.3 Å². The average molecular weight is 429 g/mol. The van der Waals surface area contributed by atoms with Gasteiger partial charge < -0.3 is 9.64 Å². The number of ether oxygens (including phenoxy) is 1. The maximum Gasteiger partial charge on any atom is 0.311 e. The van der Waals surface area contributed by atoms with E-state index >= 15 is 0 Å². The minimum absolute atomic E-state index is 0.0109. The molecule has 162 valence electrons. The smallest absolute Gasteiger partial charge is 0.311 e. The number of carbonyl (C=O) groups excluding carboxylic acids is 1. The first kappa shape index (κ1) is 20.4. The van der Waals surface area contributed by atoms with E-state index in [0.717, 1.165) is 44.2 Å². The standard InChI is InChI=1S/C25H33ClN2O2/c1-17-4-3-9-25(2)15-23-20(14-22(17)25)21(24(29)30-23)16-27-10-12-28(13-11-27)19-7-5-18(26)6-8-19/h5-8,14,17,20-21,23H,3-4,9-13,15-16H2,1-2H3/t17-,20+,21-,23+,25+/m0/s1. The first-order valence-corrected chi connectivity index (χ1v) is 12.0. The summed E-state index contributed by atoms with van der Waals surface area (Å²) < 4.78 is 5.94. The fourth-order valence-electron chi connectivity index (χ4n) is 6.38. The summed E-state index contributed by atoms with van der Waals surface area (Å²) in [5.74, 6) is 0.916. The number of allylic oxidation sites excluding steroid dienone is 1. The second-order valence-corrected chi connectivity index (χ2v) is 10.5. The van der Waals surface area contributed by atoms with E-state index < -0.39 is 0 Å². The molecule has 5 rings (SSSR count). The van der Waals surface area contributed by atoms with Crippen molar-refractivity contribution < 1.29 is 9.53 Å². The van der Waals surface area contributed by atoms with Crippen LogP contribution in [0.5, 0.6) is 0 Å². The van der Waals surface area contributed by atoms with Crippen LogP contribution in [0.15, 0.2) is 35.9 Å². The van der Waals surface area contributed by atoms with Gasteiger partial charge in [-0.05, 0) is 54.9 Å². The molecule has 2 saturated heterocycles. The van der Waals surface area contributed by atoms with Crippen molar-refractivity contribution in [3.8, 4) is 0 Å². The van der Waals surface area contributed by atoms with Crippen molar-refractivity contribution in [2.24, 2.45) is 23.2 Å². The third-order valence-corrected chi connectivity index (χ3v) is 8.35. The minimum atomic E-state index is -0.0109. The lowest BCUT2D eigenvalue weighted by atomic mass is 9.59. The molecule has 4 nitrogen and oxygen atoms in total. The molecule has 1 saturated carbocycles. The predicted molar refractivity (Wildman–Crippen MR) is 121 cm³/mol. The highest BCUT2D eigenvalue weighted by Gasteiger charge is 2.52. The zero-order chi connectivity index (χ0) is 20.9.